The Kier molecular flexibility index (Phi) is 6.86. The molecule has 6 nitrogen and oxygen atoms in total. The molecule has 1 fully saturated rings. The molecule has 0 radical (unpaired) electrons. The minimum Gasteiger partial charge on any atom is -0.369 e. The van der Waals surface area contributed by atoms with Crippen molar-refractivity contribution in [2.45, 2.75) is 38.0 Å². The molecule has 1 unspecified atom stereocenters. The Morgan fingerprint density at radius 3 is 2.46 bits per heavy atom. The third kappa shape index (κ3) is 5.50. The van der Waals surface area contributed by atoms with Crippen LogP contribution in [0.1, 0.15) is 41.1 Å². The zero-order valence-electron chi connectivity index (χ0n) is 18.4. The molecule has 0 saturated carbocycles. The van der Waals surface area contributed by atoms with Crippen LogP contribution >= 0.6 is 0 Å². The second-order valence-electron chi connectivity index (χ2n) is 8.26. The standard InChI is InChI=1S/C24H22F5N5O/c25-18-11-16(24(27,28)29)7-8-17(18)19-2-1-9-34(19)23-21(26)22(32-13-33-23)31-12-15-5-3-14(4-6-15)10-20(30)35/h3-8,11,13,19H,1-2,9-10,12H2,(H2,30,35)(H,31,32,33). The predicted octanol–water partition coefficient (Wildman–Crippen LogP) is 4.76. The van der Waals surface area contributed by atoms with Crippen molar-refractivity contribution in [1.82, 2.24) is 9.97 Å². The number of aromatic nitrogens is 2. The van der Waals surface area contributed by atoms with Crippen LogP contribution in [0.3, 0.4) is 0 Å². The lowest BCUT2D eigenvalue weighted by atomic mass is 10.0. The van der Waals surface area contributed by atoms with Gasteiger partial charge in [0.05, 0.1) is 18.0 Å². The summed E-state index contributed by atoms with van der Waals surface area (Å²) in [5, 5.41) is 2.90. The van der Waals surface area contributed by atoms with E-state index in [9.17, 15) is 22.4 Å². The van der Waals surface area contributed by atoms with Gasteiger partial charge in [-0.05, 0) is 36.1 Å². The summed E-state index contributed by atoms with van der Waals surface area (Å²) < 4.78 is 68.7. The molecule has 1 saturated heterocycles. The van der Waals surface area contributed by atoms with Crippen LogP contribution < -0.4 is 16.0 Å². The molecular weight excluding hydrogens is 469 g/mol. The van der Waals surface area contributed by atoms with Crippen molar-refractivity contribution in [3.05, 3.63) is 82.7 Å². The highest BCUT2D eigenvalue weighted by Gasteiger charge is 2.35. The first-order valence-corrected chi connectivity index (χ1v) is 10.9. The van der Waals surface area contributed by atoms with Crippen LogP contribution in [0.25, 0.3) is 0 Å². The summed E-state index contributed by atoms with van der Waals surface area (Å²) in [5.41, 5.74) is 5.72. The molecule has 1 aliphatic heterocycles. The van der Waals surface area contributed by atoms with Crippen LogP contribution in [0.4, 0.5) is 33.6 Å². The number of benzene rings is 2. The van der Waals surface area contributed by atoms with Crippen LogP contribution in [0.15, 0.2) is 48.8 Å². The predicted molar refractivity (Wildman–Crippen MR) is 119 cm³/mol. The second-order valence-corrected chi connectivity index (χ2v) is 8.26. The van der Waals surface area contributed by atoms with Gasteiger partial charge in [0.25, 0.3) is 0 Å². The van der Waals surface area contributed by atoms with Gasteiger partial charge in [-0.25, -0.2) is 14.4 Å². The van der Waals surface area contributed by atoms with Crippen molar-refractivity contribution < 1.29 is 26.7 Å². The normalized spacial score (nSPS) is 15.9. The highest BCUT2D eigenvalue weighted by Crippen LogP contribution is 2.39. The van der Waals surface area contributed by atoms with Crippen molar-refractivity contribution in [2.24, 2.45) is 5.73 Å². The van der Waals surface area contributed by atoms with Gasteiger partial charge in [0.15, 0.2) is 11.6 Å². The first-order valence-electron chi connectivity index (χ1n) is 10.9. The summed E-state index contributed by atoms with van der Waals surface area (Å²) >= 11 is 0. The number of nitrogens with zero attached hydrogens (tertiary/aromatic N) is 3. The average Bonchev–Trinajstić information content (AvgIpc) is 3.27. The van der Waals surface area contributed by atoms with E-state index < -0.39 is 35.3 Å². The summed E-state index contributed by atoms with van der Waals surface area (Å²) in [4.78, 5) is 20.5. The maximum absolute atomic E-state index is 15.3. The minimum absolute atomic E-state index is 0.0545. The molecule has 4 rings (SSSR count). The number of hydrogen-bond donors (Lipinski definition) is 2. The largest absolute Gasteiger partial charge is 0.416 e. The van der Waals surface area contributed by atoms with E-state index in [2.05, 4.69) is 15.3 Å². The summed E-state index contributed by atoms with van der Waals surface area (Å²) in [6, 6.07) is 8.77. The van der Waals surface area contributed by atoms with Crippen molar-refractivity contribution in [2.75, 3.05) is 16.8 Å². The number of nitrogens with two attached hydrogens (primary N) is 1. The van der Waals surface area contributed by atoms with Crippen molar-refractivity contribution in [3.8, 4) is 0 Å². The number of carbonyl (C=O) groups excluding carboxylic acids is 1. The van der Waals surface area contributed by atoms with Crippen LogP contribution in [-0.4, -0.2) is 22.4 Å². The van der Waals surface area contributed by atoms with Crippen molar-refractivity contribution in [3.63, 3.8) is 0 Å². The zero-order valence-corrected chi connectivity index (χ0v) is 18.4. The molecule has 3 N–H and O–H groups in total. The van der Waals surface area contributed by atoms with Crippen LogP contribution in [0, 0.1) is 11.6 Å². The van der Waals surface area contributed by atoms with Gasteiger partial charge in [0.1, 0.15) is 12.1 Å². The third-order valence-corrected chi connectivity index (χ3v) is 5.84. The van der Waals surface area contributed by atoms with Gasteiger partial charge >= 0.3 is 6.18 Å². The number of amides is 1. The number of rotatable bonds is 7. The number of nitrogens with one attached hydrogen (secondary N) is 1. The lowest BCUT2D eigenvalue weighted by Gasteiger charge is -2.27. The zero-order chi connectivity index (χ0) is 25.2. The van der Waals surface area contributed by atoms with E-state index in [1.807, 2.05) is 0 Å². The maximum atomic E-state index is 15.3. The van der Waals surface area contributed by atoms with Crippen LogP contribution in [0.5, 0.6) is 0 Å². The van der Waals surface area contributed by atoms with E-state index in [0.717, 1.165) is 23.3 Å². The first-order chi connectivity index (χ1) is 16.6. The summed E-state index contributed by atoms with van der Waals surface area (Å²) in [6.45, 7) is 0.598. The molecule has 1 aliphatic rings. The summed E-state index contributed by atoms with van der Waals surface area (Å²) in [5.74, 6) is -2.29. The third-order valence-electron chi connectivity index (χ3n) is 5.84. The Bertz CT molecular complexity index is 1220. The molecule has 0 aliphatic carbocycles. The fourth-order valence-electron chi connectivity index (χ4n) is 4.16. The Morgan fingerprint density at radius 2 is 1.80 bits per heavy atom. The lowest BCUT2D eigenvalue weighted by Crippen LogP contribution is -2.26. The molecule has 184 valence electrons. The van der Waals surface area contributed by atoms with Gasteiger partial charge in [0, 0.05) is 18.7 Å². The fourth-order valence-corrected chi connectivity index (χ4v) is 4.16. The number of anilines is 2. The highest BCUT2D eigenvalue weighted by atomic mass is 19.4. The van der Waals surface area contributed by atoms with E-state index in [1.54, 1.807) is 29.2 Å². The van der Waals surface area contributed by atoms with E-state index >= 15 is 4.39 Å². The van der Waals surface area contributed by atoms with Gasteiger partial charge in [-0.1, -0.05) is 30.3 Å². The Morgan fingerprint density at radius 1 is 1.09 bits per heavy atom. The number of hydrogen-bond acceptors (Lipinski definition) is 5. The van der Waals surface area contributed by atoms with E-state index in [4.69, 9.17) is 5.73 Å². The SMILES string of the molecule is NC(=O)Cc1ccc(CNc2ncnc(N3CCCC3c3ccc(C(F)(F)F)cc3F)c2F)cc1. The Hall–Kier alpha value is -3.76. The van der Waals surface area contributed by atoms with Gasteiger partial charge in [0.2, 0.25) is 11.7 Å². The van der Waals surface area contributed by atoms with Gasteiger partial charge < -0.3 is 16.0 Å². The molecular formula is C24H22F5N5O. The first kappa shape index (κ1) is 24.4. The molecule has 11 heteroatoms. The fraction of sp³-hybridized carbons (Fsp3) is 0.292. The van der Waals surface area contributed by atoms with E-state index in [0.29, 0.717) is 25.5 Å². The summed E-state index contributed by atoms with van der Waals surface area (Å²) in [6.07, 6.45) is -2.33. The highest BCUT2D eigenvalue weighted by molar-refractivity contribution is 5.76. The molecule has 1 atom stereocenters. The molecule has 35 heavy (non-hydrogen) atoms. The average molecular weight is 491 g/mol. The maximum Gasteiger partial charge on any atom is 0.416 e. The van der Waals surface area contributed by atoms with Crippen LogP contribution in [-0.2, 0) is 23.9 Å². The molecule has 0 spiro atoms. The number of primary amides is 1. The minimum atomic E-state index is -4.66. The topological polar surface area (TPSA) is 84.1 Å². The molecule has 2 aromatic carbocycles. The molecule has 1 aromatic heterocycles. The second kappa shape index (κ2) is 9.85. The number of alkyl halides is 3. The quantitative estimate of drug-likeness (QED) is 0.466. The van der Waals surface area contributed by atoms with Gasteiger partial charge in [-0.2, -0.15) is 17.6 Å². The smallest absolute Gasteiger partial charge is 0.369 e. The van der Waals surface area contributed by atoms with Gasteiger partial charge in [-0.15, -0.1) is 0 Å². The molecule has 0 bridgehead atoms. The Balaban J connectivity index is 1.52. The van der Waals surface area contributed by atoms with Crippen molar-refractivity contribution in [1.29, 1.82) is 0 Å². The van der Waals surface area contributed by atoms with Crippen molar-refractivity contribution >= 4 is 17.5 Å². The monoisotopic (exact) mass is 491 g/mol. The number of carbonyl (C=O) groups is 1. The molecule has 2 heterocycles. The lowest BCUT2D eigenvalue weighted by molar-refractivity contribution is -0.137. The Labute approximate surface area is 198 Å². The van der Waals surface area contributed by atoms with Crippen LogP contribution in [0.2, 0.25) is 0 Å². The number of halogens is 5. The molecule has 3 aromatic rings. The molecule has 1 amide bonds. The van der Waals surface area contributed by atoms with Gasteiger partial charge in [-0.3, -0.25) is 4.79 Å². The summed E-state index contributed by atoms with van der Waals surface area (Å²) in [7, 11) is 0. The van der Waals surface area contributed by atoms with E-state index in [1.165, 1.54) is 6.33 Å². The van der Waals surface area contributed by atoms with E-state index in [-0.39, 0.29) is 30.2 Å².